The van der Waals surface area contributed by atoms with Crippen LogP contribution in [0.5, 0.6) is 0 Å². The van der Waals surface area contributed by atoms with E-state index in [1.807, 2.05) is 6.26 Å². The Morgan fingerprint density at radius 1 is 1.55 bits per heavy atom. The van der Waals surface area contributed by atoms with Crippen LogP contribution in [-0.4, -0.2) is 11.2 Å². The highest BCUT2D eigenvalue weighted by atomic mass is 35.5. The summed E-state index contributed by atoms with van der Waals surface area (Å²) in [5, 5.41) is 1.14. The summed E-state index contributed by atoms with van der Waals surface area (Å²) in [5.74, 6) is 0.878. The van der Waals surface area contributed by atoms with E-state index in [4.69, 9.17) is 23.2 Å². The van der Waals surface area contributed by atoms with Crippen LogP contribution >= 0.6 is 35.0 Å². The van der Waals surface area contributed by atoms with E-state index >= 15 is 0 Å². The van der Waals surface area contributed by atoms with Crippen molar-refractivity contribution in [3.8, 4) is 0 Å². The predicted octanol–water partition coefficient (Wildman–Crippen LogP) is 3.25. The molecule has 1 aromatic rings. The maximum absolute atomic E-state index is 5.87. The van der Waals surface area contributed by atoms with E-state index in [2.05, 4.69) is 4.98 Å². The fraction of sp³-hybridized carbons (Fsp3) is 0.286. The van der Waals surface area contributed by atoms with Crippen molar-refractivity contribution in [2.75, 3.05) is 6.26 Å². The van der Waals surface area contributed by atoms with Gasteiger partial charge in [-0.15, -0.1) is 0 Å². The van der Waals surface area contributed by atoms with Gasteiger partial charge in [0.15, 0.2) is 0 Å². The predicted molar refractivity (Wildman–Crippen MR) is 51.5 cm³/mol. The molecule has 60 valence electrons. The molecule has 0 spiro atoms. The number of halogens is 2. The van der Waals surface area contributed by atoms with Gasteiger partial charge in [0.1, 0.15) is 5.15 Å². The second-order valence-corrected chi connectivity index (χ2v) is 3.69. The van der Waals surface area contributed by atoms with Gasteiger partial charge in [-0.3, -0.25) is 0 Å². The van der Waals surface area contributed by atoms with Gasteiger partial charge in [-0.2, -0.15) is 11.8 Å². The third-order valence-electron chi connectivity index (χ3n) is 1.20. The highest BCUT2D eigenvalue weighted by Crippen LogP contribution is 2.21. The molecule has 1 heterocycles. The van der Waals surface area contributed by atoms with E-state index in [1.165, 1.54) is 0 Å². The van der Waals surface area contributed by atoms with Gasteiger partial charge in [0.05, 0.1) is 0 Å². The van der Waals surface area contributed by atoms with Crippen LogP contribution in [0.3, 0.4) is 0 Å². The summed E-state index contributed by atoms with van der Waals surface area (Å²) in [4.78, 5) is 3.93. The molecule has 0 aromatic carbocycles. The summed E-state index contributed by atoms with van der Waals surface area (Å²) in [6, 6.07) is 1.66. The quantitative estimate of drug-likeness (QED) is 0.692. The molecule has 0 fully saturated rings. The van der Waals surface area contributed by atoms with E-state index in [9.17, 15) is 0 Å². The molecular weight excluding hydrogens is 201 g/mol. The first-order chi connectivity index (χ1) is 5.24. The van der Waals surface area contributed by atoms with E-state index in [1.54, 1.807) is 24.0 Å². The lowest BCUT2D eigenvalue weighted by molar-refractivity contribution is 1.25. The van der Waals surface area contributed by atoms with Crippen LogP contribution in [0.4, 0.5) is 0 Å². The van der Waals surface area contributed by atoms with Crippen molar-refractivity contribution in [1.82, 2.24) is 4.98 Å². The smallest absolute Gasteiger partial charge is 0.130 e. The van der Waals surface area contributed by atoms with Crippen LogP contribution in [0.1, 0.15) is 5.56 Å². The van der Waals surface area contributed by atoms with Crippen molar-refractivity contribution in [3.05, 3.63) is 28.0 Å². The van der Waals surface area contributed by atoms with Crippen LogP contribution in [0, 0.1) is 0 Å². The Morgan fingerprint density at radius 3 is 2.82 bits per heavy atom. The van der Waals surface area contributed by atoms with Crippen LogP contribution < -0.4 is 0 Å². The normalized spacial score (nSPS) is 10.1. The molecule has 11 heavy (non-hydrogen) atoms. The maximum atomic E-state index is 5.87. The van der Waals surface area contributed by atoms with Gasteiger partial charge in [-0.1, -0.05) is 23.2 Å². The Kier molecular flexibility index (Phi) is 3.49. The zero-order valence-electron chi connectivity index (χ0n) is 5.97. The number of hydrogen-bond acceptors (Lipinski definition) is 2. The number of hydrogen-bond donors (Lipinski definition) is 0. The summed E-state index contributed by atoms with van der Waals surface area (Å²) in [6.45, 7) is 0. The second-order valence-electron chi connectivity index (χ2n) is 2.03. The Labute approximate surface area is 80.1 Å². The first kappa shape index (κ1) is 9.17. The largest absolute Gasteiger partial charge is 0.244 e. The van der Waals surface area contributed by atoms with Crippen molar-refractivity contribution < 1.29 is 0 Å². The van der Waals surface area contributed by atoms with Crippen LogP contribution in [0.25, 0.3) is 0 Å². The lowest BCUT2D eigenvalue weighted by Gasteiger charge is -2.00. The van der Waals surface area contributed by atoms with Crippen molar-refractivity contribution in [1.29, 1.82) is 0 Å². The number of thioether (sulfide) groups is 1. The van der Waals surface area contributed by atoms with Crippen LogP contribution in [0.15, 0.2) is 12.3 Å². The van der Waals surface area contributed by atoms with Gasteiger partial charge >= 0.3 is 0 Å². The second kappa shape index (κ2) is 4.19. The third-order valence-corrected chi connectivity index (χ3v) is 2.35. The topological polar surface area (TPSA) is 12.9 Å². The van der Waals surface area contributed by atoms with E-state index in [0.29, 0.717) is 10.2 Å². The van der Waals surface area contributed by atoms with Gasteiger partial charge in [-0.25, -0.2) is 4.98 Å². The molecule has 0 saturated heterocycles. The molecule has 0 saturated carbocycles. The van der Waals surface area contributed by atoms with Gasteiger partial charge in [0, 0.05) is 17.0 Å². The Hall–Kier alpha value is 0.0800. The minimum absolute atomic E-state index is 0.444. The summed E-state index contributed by atoms with van der Waals surface area (Å²) in [6.07, 6.45) is 3.73. The number of pyridine rings is 1. The Balaban J connectivity index is 2.90. The molecule has 1 rings (SSSR count). The molecular formula is C7H7Cl2NS. The SMILES string of the molecule is CSCc1cnc(Cl)cc1Cl. The highest BCUT2D eigenvalue weighted by molar-refractivity contribution is 7.97. The minimum atomic E-state index is 0.444. The molecule has 0 amide bonds. The third kappa shape index (κ3) is 2.55. The van der Waals surface area contributed by atoms with Crippen molar-refractivity contribution in [2.45, 2.75) is 5.75 Å². The monoisotopic (exact) mass is 207 g/mol. The van der Waals surface area contributed by atoms with Crippen LogP contribution in [0.2, 0.25) is 10.2 Å². The minimum Gasteiger partial charge on any atom is -0.244 e. The number of aromatic nitrogens is 1. The first-order valence-corrected chi connectivity index (χ1v) is 5.18. The molecule has 0 N–H and O–H groups in total. The molecule has 0 radical (unpaired) electrons. The molecule has 1 nitrogen and oxygen atoms in total. The molecule has 0 bridgehead atoms. The van der Waals surface area contributed by atoms with Crippen molar-refractivity contribution >= 4 is 35.0 Å². The average Bonchev–Trinajstić information content (AvgIpc) is 1.95. The number of rotatable bonds is 2. The zero-order valence-corrected chi connectivity index (χ0v) is 8.30. The highest BCUT2D eigenvalue weighted by Gasteiger charge is 2.00. The van der Waals surface area contributed by atoms with Gasteiger partial charge in [0.2, 0.25) is 0 Å². The summed E-state index contributed by atoms with van der Waals surface area (Å²) < 4.78 is 0. The lowest BCUT2D eigenvalue weighted by Crippen LogP contribution is -1.84. The standard InChI is InChI=1S/C7H7Cl2NS/c1-11-4-5-3-10-7(9)2-6(5)8/h2-3H,4H2,1H3. The molecule has 4 heteroatoms. The molecule has 0 atom stereocenters. The Bertz CT molecular complexity index is 252. The van der Waals surface area contributed by atoms with E-state index in [0.717, 1.165) is 11.3 Å². The summed E-state index contributed by atoms with van der Waals surface area (Å²) >= 11 is 13.2. The molecule has 0 unspecified atom stereocenters. The van der Waals surface area contributed by atoms with Gasteiger partial charge in [-0.05, 0) is 17.9 Å². The molecule has 1 aromatic heterocycles. The Morgan fingerprint density at radius 2 is 2.27 bits per heavy atom. The van der Waals surface area contributed by atoms with E-state index in [-0.39, 0.29) is 0 Å². The maximum Gasteiger partial charge on any atom is 0.130 e. The van der Waals surface area contributed by atoms with Gasteiger partial charge < -0.3 is 0 Å². The van der Waals surface area contributed by atoms with Gasteiger partial charge in [0.25, 0.3) is 0 Å². The number of nitrogens with zero attached hydrogens (tertiary/aromatic N) is 1. The van der Waals surface area contributed by atoms with Crippen molar-refractivity contribution in [3.63, 3.8) is 0 Å². The fourth-order valence-electron chi connectivity index (χ4n) is 0.697. The molecule has 0 aliphatic rings. The lowest BCUT2D eigenvalue weighted by atomic mass is 10.3. The van der Waals surface area contributed by atoms with E-state index < -0.39 is 0 Å². The zero-order chi connectivity index (χ0) is 8.27. The summed E-state index contributed by atoms with van der Waals surface area (Å²) in [5.41, 5.74) is 1.03. The molecule has 0 aliphatic carbocycles. The van der Waals surface area contributed by atoms with Crippen molar-refractivity contribution in [2.24, 2.45) is 0 Å². The first-order valence-electron chi connectivity index (χ1n) is 3.03. The fourth-order valence-corrected chi connectivity index (χ4v) is 1.75. The summed E-state index contributed by atoms with van der Waals surface area (Å²) in [7, 11) is 0. The molecule has 0 aliphatic heterocycles. The van der Waals surface area contributed by atoms with Crippen LogP contribution in [-0.2, 0) is 5.75 Å². The average molecular weight is 208 g/mol.